The number of amides is 1. The van der Waals surface area contributed by atoms with E-state index in [0.29, 0.717) is 6.42 Å². The van der Waals surface area contributed by atoms with E-state index in [9.17, 15) is 4.79 Å². The van der Waals surface area contributed by atoms with Crippen LogP contribution < -0.4 is 0 Å². The molecule has 1 amide bonds. The van der Waals surface area contributed by atoms with Gasteiger partial charge in [0.25, 0.3) is 0 Å². The fourth-order valence-corrected chi connectivity index (χ4v) is 1.71. The predicted octanol–water partition coefficient (Wildman–Crippen LogP) is 2.31. The number of carbonyl (C=O) groups is 1. The molecule has 2 heteroatoms. The largest absolute Gasteiger partial charge is 0.312 e. The van der Waals surface area contributed by atoms with Crippen molar-refractivity contribution >= 4 is 5.91 Å². The molecule has 0 N–H and O–H groups in total. The summed E-state index contributed by atoms with van der Waals surface area (Å²) in [7, 11) is 0. The molecule has 0 aliphatic carbocycles. The molecule has 2 nitrogen and oxygen atoms in total. The van der Waals surface area contributed by atoms with Crippen LogP contribution in [0.15, 0.2) is 11.8 Å². The zero-order valence-electron chi connectivity index (χ0n) is 8.35. The van der Waals surface area contributed by atoms with Crippen LogP contribution in [-0.4, -0.2) is 16.3 Å². The van der Waals surface area contributed by atoms with E-state index in [1.165, 1.54) is 0 Å². The molecular formula is C10H17NO. The average molecular weight is 167 g/mol. The number of hydrogen-bond acceptors (Lipinski definition) is 1. The molecule has 1 rings (SSSR count). The summed E-state index contributed by atoms with van der Waals surface area (Å²) in [5.41, 5.74) is 1.02. The second-order valence-corrected chi connectivity index (χ2v) is 4.28. The van der Waals surface area contributed by atoms with Crippen molar-refractivity contribution in [1.82, 2.24) is 4.90 Å². The molecule has 0 aromatic heterocycles. The van der Waals surface area contributed by atoms with E-state index in [2.05, 4.69) is 26.8 Å². The van der Waals surface area contributed by atoms with E-state index in [4.69, 9.17) is 0 Å². The number of hydrogen-bond donors (Lipinski definition) is 0. The van der Waals surface area contributed by atoms with Crippen LogP contribution in [0.1, 0.15) is 40.5 Å². The highest BCUT2D eigenvalue weighted by molar-refractivity contribution is 5.80. The van der Waals surface area contributed by atoms with Crippen molar-refractivity contribution in [1.29, 1.82) is 0 Å². The maximum atomic E-state index is 11.5. The first-order chi connectivity index (χ1) is 5.43. The lowest BCUT2D eigenvalue weighted by atomic mass is 10.0. The van der Waals surface area contributed by atoms with Crippen molar-refractivity contribution in [3.8, 4) is 0 Å². The lowest BCUT2D eigenvalue weighted by Gasteiger charge is -2.38. The molecule has 0 radical (unpaired) electrons. The van der Waals surface area contributed by atoms with E-state index in [1.54, 1.807) is 0 Å². The Morgan fingerprint density at radius 3 is 2.33 bits per heavy atom. The maximum Gasteiger partial charge on any atom is 0.227 e. The number of rotatable bonds is 0. The van der Waals surface area contributed by atoms with Gasteiger partial charge in [0.2, 0.25) is 5.91 Å². The van der Waals surface area contributed by atoms with Gasteiger partial charge in [0.1, 0.15) is 0 Å². The van der Waals surface area contributed by atoms with E-state index >= 15 is 0 Å². The fourth-order valence-electron chi connectivity index (χ4n) is 1.71. The first-order valence-corrected chi connectivity index (χ1v) is 4.43. The highest BCUT2D eigenvalue weighted by Crippen LogP contribution is 2.24. The van der Waals surface area contributed by atoms with Gasteiger partial charge in [-0.3, -0.25) is 4.79 Å². The molecule has 0 bridgehead atoms. The number of nitrogens with zero attached hydrogens (tertiary/aromatic N) is 1. The minimum atomic E-state index is -0.0713. The van der Waals surface area contributed by atoms with Crippen LogP contribution in [0, 0.1) is 0 Å². The summed E-state index contributed by atoms with van der Waals surface area (Å²) in [5.74, 6) is 0.252. The first-order valence-electron chi connectivity index (χ1n) is 4.43. The Bertz CT molecular complexity index is 222. The van der Waals surface area contributed by atoms with Crippen LogP contribution in [0.3, 0.4) is 0 Å². The van der Waals surface area contributed by atoms with Crippen molar-refractivity contribution in [3.63, 3.8) is 0 Å². The molecule has 1 aliphatic rings. The second kappa shape index (κ2) is 2.92. The van der Waals surface area contributed by atoms with Crippen molar-refractivity contribution in [2.75, 3.05) is 0 Å². The summed E-state index contributed by atoms with van der Waals surface area (Å²) in [5, 5.41) is 0. The van der Waals surface area contributed by atoms with Gasteiger partial charge in [0.15, 0.2) is 0 Å². The molecule has 0 atom stereocenters. The summed E-state index contributed by atoms with van der Waals surface area (Å²) < 4.78 is 0. The molecule has 0 saturated heterocycles. The van der Waals surface area contributed by atoms with Gasteiger partial charge < -0.3 is 4.90 Å². The number of carbonyl (C=O) groups excluding carboxylic acids is 1. The molecule has 0 saturated carbocycles. The van der Waals surface area contributed by atoms with Crippen molar-refractivity contribution in [2.45, 2.75) is 46.1 Å². The van der Waals surface area contributed by atoms with Gasteiger partial charge >= 0.3 is 0 Å². The van der Waals surface area contributed by atoms with Gasteiger partial charge in [0.05, 0.1) is 0 Å². The minimum absolute atomic E-state index is 0.0713. The Hall–Kier alpha value is -0.790. The lowest BCUT2D eigenvalue weighted by Crippen LogP contribution is -2.45. The third kappa shape index (κ3) is 1.68. The second-order valence-electron chi connectivity index (χ2n) is 4.28. The van der Waals surface area contributed by atoms with Crippen LogP contribution in [-0.2, 0) is 4.79 Å². The molecule has 0 fully saturated rings. The normalized spacial score (nSPS) is 19.5. The van der Waals surface area contributed by atoms with Gasteiger partial charge in [-0.05, 0) is 34.1 Å². The third-order valence-corrected chi connectivity index (χ3v) is 2.07. The van der Waals surface area contributed by atoms with Gasteiger partial charge in [-0.2, -0.15) is 0 Å². The predicted molar refractivity (Wildman–Crippen MR) is 49.6 cm³/mol. The fraction of sp³-hybridized carbons (Fsp3) is 0.700. The third-order valence-electron chi connectivity index (χ3n) is 2.07. The topological polar surface area (TPSA) is 20.3 Å². The van der Waals surface area contributed by atoms with Gasteiger partial charge in [-0.1, -0.05) is 6.08 Å². The molecule has 68 valence electrons. The van der Waals surface area contributed by atoms with Crippen LogP contribution in [0.4, 0.5) is 0 Å². The van der Waals surface area contributed by atoms with Gasteiger partial charge in [-0.15, -0.1) is 0 Å². The monoisotopic (exact) mass is 167 g/mol. The Balaban J connectivity index is 2.93. The van der Waals surface area contributed by atoms with Crippen molar-refractivity contribution < 1.29 is 4.79 Å². The summed E-state index contributed by atoms with van der Waals surface area (Å²) >= 11 is 0. The Labute approximate surface area is 74.2 Å². The Kier molecular flexibility index (Phi) is 2.27. The molecule has 12 heavy (non-hydrogen) atoms. The van der Waals surface area contributed by atoms with Crippen LogP contribution >= 0.6 is 0 Å². The quantitative estimate of drug-likeness (QED) is 0.542. The molecule has 1 aliphatic heterocycles. The van der Waals surface area contributed by atoms with E-state index < -0.39 is 0 Å². The SMILES string of the molecule is CC1=CCCC(=O)N1C(C)(C)C. The Morgan fingerprint density at radius 1 is 1.42 bits per heavy atom. The van der Waals surface area contributed by atoms with E-state index in [0.717, 1.165) is 12.1 Å². The zero-order chi connectivity index (χ0) is 9.35. The summed E-state index contributed by atoms with van der Waals surface area (Å²) in [6, 6.07) is 0. The van der Waals surface area contributed by atoms with E-state index in [-0.39, 0.29) is 11.4 Å². The van der Waals surface area contributed by atoms with Gasteiger partial charge in [0, 0.05) is 17.7 Å². The summed E-state index contributed by atoms with van der Waals surface area (Å²) in [6.45, 7) is 8.19. The highest BCUT2D eigenvalue weighted by Gasteiger charge is 2.28. The van der Waals surface area contributed by atoms with Crippen LogP contribution in [0.2, 0.25) is 0 Å². The van der Waals surface area contributed by atoms with Crippen LogP contribution in [0.5, 0.6) is 0 Å². The van der Waals surface area contributed by atoms with E-state index in [1.807, 2.05) is 11.8 Å². The molecule has 0 spiro atoms. The maximum absolute atomic E-state index is 11.5. The smallest absolute Gasteiger partial charge is 0.227 e. The molecule has 0 unspecified atom stereocenters. The van der Waals surface area contributed by atoms with Gasteiger partial charge in [-0.25, -0.2) is 0 Å². The summed E-state index contributed by atoms with van der Waals surface area (Å²) in [4.78, 5) is 13.4. The molecular weight excluding hydrogens is 150 g/mol. The summed E-state index contributed by atoms with van der Waals surface area (Å²) in [6.07, 6.45) is 3.69. The highest BCUT2D eigenvalue weighted by atomic mass is 16.2. The molecule has 1 heterocycles. The van der Waals surface area contributed by atoms with Crippen molar-refractivity contribution in [3.05, 3.63) is 11.8 Å². The standard InChI is InChI=1S/C10H17NO/c1-8-6-5-7-9(12)11(8)10(2,3)4/h6H,5,7H2,1-4H3. The first kappa shape index (κ1) is 9.30. The van der Waals surface area contributed by atoms with Crippen LogP contribution in [0.25, 0.3) is 0 Å². The van der Waals surface area contributed by atoms with Crippen molar-refractivity contribution in [2.24, 2.45) is 0 Å². The minimum Gasteiger partial charge on any atom is -0.312 e. The Morgan fingerprint density at radius 2 is 2.00 bits per heavy atom. The molecule has 0 aromatic carbocycles. The lowest BCUT2D eigenvalue weighted by molar-refractivity contribution is -0.133. The zero-order valence-corrected chi connectivity index (χ0v) is 8.35. The number of allylic oxidation sites excluding steroid dienone is 2. The average Bonchev–Trinajstić information content (AvgIpc) is 1.82. The molecule has 0 aromatic rings.